The number of thioether (sulfide) groups is 1. The maximum absolute atomic E-state index is 12.0. The lowest BCUT2D eigenvalue weighted by Gasteiger charge is -2.30. The number of hydrogen-bond donors (Lipinski definition) is 1. The normalized spacial score (nSPS) is 16.4. The van der Waals surface area contributed by atoms with Gasteiger partial charge in [0.2, 0.25) is 5.91 Å². The van der Waals surface area contributed by atoms with E-state index in [4.69, 9.17) is 17.3 Å². The highest BCUT2D eigenvalue weighted by Crippen LogP contribution is 2.22. The third kappa shape index (κ3) is 5.00. The molecule has 3 nitrogen and oxygen atoms in total. The van der Waals surface area contributed by atoms with Gasteiger partial charge in [-0.25, -0.2) is 0 Å². The van der Waals surface area contributed by atoms with Gasteiger partial charge in [0.25, 0.3) is 0 Å². The molecular formula is C15H21ClN2OS. The van der Waals surface area contributed by atoms with E-state index in [1.807, 2.05) is 29.2 Å². The van der Waals surface area contributed by atoms with E-state index < -0.39 is 0 Å². The fourth-order valence-electron chi connectivity index (χ4n) is 2.28. The Morgan fingerprint density at radius 3 is 2.85 bits per heavy atom. The number of carbonyl (C=O) groups is 1. The van der Waals surface area contributed by atoms with Gasteiger partial charge in [-0.05, 0) is 43.2 Å². The Labute approximate surface area is 129 Å². The van der Waals surface area contributed by atoms with Crippen LogP contribution in [0.5, 0.6) is 0 Å². The number of benzene rings is 1. The second-order valence-electron chi connectivity index (χ2n) is 5.13. The summed E-state index contributed by atoms with van der Waals surface area (Å²) in [4.78, 5) is 15.1. The zero-order valence-corrected chi connectivity index (χ0v) is 13.1. The maximum Gasteiger partial charge on any atom is 0.222 e. The first kappa shape index (κ1) is 15.7. The summed E-state index contributed by atoms with van der Waals surface area (Å²) in [6, 6.07) is 8.10. The predicted molar refractivity (Wildman–Crippen MR) is 85.2 cm³/mol. The fraction of sp³-hybridized carbons (Fsp3) is 0.533. The molecule has 20 heavy (non-hydrogen) atoms. The number of rotatable bonds is 5. The molecular weight excluding hydrogens is 292 g/mol. The maximum atomic E-state index is 12.0. The first-order valence-corrected chi connectivity index (χ1v) is 8.43. The molecule has 1 aromatic carbocycles. The van der Waals surface area contributed by atoms with Gasteiger partial charge in [0.1, 0.15) is 0 Å². The molecule has 110 valence electrons. The van der Waals surface area contributed by atoms with Gasteiger partial charge in [0.15, 0.2) is 0 Å². The minimum absolute atomic E-state index is 0.267. The molecule has 2 rings (SSSR count). The van der Waals surface area contributed by atoms with Crippen molar-refractivity contribution in [2.75, 3.05) is 18.8 Å². The first-order valence-electron chi connectivity index (χ1n) is 7.07. The van der Waals surface area contributed by atoms with Gasteiger partial charge in [-0.15, -0.1) is 11.8 Å². The summed E-state index contributed by atoms with van der Waals surface area (Å²) in [5, 5.41) is 0.760. The van der Waals surface area contributed by atoms with Gasteiger partial charge in [0, 0.05) is 35.5 Å². The number of amides is 1. The molecule has 0 saturated carbocycles. The lowest BCUT2D eigenvalue weighted by Crippen LogP contribution is -2.42. The third-order valence-electron chi connectivity index (χ3n) is 3.49. The van der Waals surface area contributed by atoms with Crippen LogP contribution in [-0.4, -0.2) is 35.7 Å². The van der Waals surface area contributed by atoms with Crippen LogP contribution in [0.2, 0.25) is 5.02 Å². The van der Waals surface area contributed by atoms with Gasteiger partial charge in [-0.3, -0.25) is 4.79 Å². The molecule has 0 unspecified atom stereocenters. The zero-order chi connectivity index (χ0) is 14.4. The lowest BCUT2D eigenvalue weighted by molar-refractivity contribution is -0.132. The lowest BCUT2D eigenvalue weighted by atomic mass is 10.1. The number of piperidine rings is 1. The van der Waals surface area contributed by atoms with Crippen molar-refractivity contribution in [3.8, 4) is 0 Å². The molecule has 1 fully saturated rings. The Hall–Kier alpha value is -0.710. The zero-order valence-electron chi connectivity index (χ0n) is 11.6. The molecule has 0 spiro atoms. The Morgan fingerprint density at radius 1 is 1.40 bits per heavy atom. The van der Waals surface area contributed by atoms with Crippen LogP contribution in [-0.2, 0) is 4.79 Å². The summed E-state index contributed by atoms with van der Waals surface area (Å²) < 4.78 is 0. The number of nitrogens with two attached hydrogens (primary N) is 1. The van der Waals surface area contributed by atoms with Crippen molar-refractivity contribution < 1.29 is 4.79 Å². The molecule has 2 N–H and O–H groups in total. The highest BCUT2D eigenvalue weighted by molar-refractivity contribution is 7.99. The number of likely N-dealkylation sites (tertiary alicyclic amines) is 1. The van der Waals surface area contributed by atoms with E-state index in [0.29, 0.717) is 6.42 Å². The van der Waals surface area contributed by atoms with E-state index in [0.717, 1.165) is 48.0 Å². The second kappa shape index (κ2) is 7.91. The summed E-state index contributed by atoms with van der Waals surface area (Å²) in [5.74, 6) is 1.21. The van der Waals surface area contributed by atoms with Crippen molar-refractivity contribution in [3.63, 3.8) is 0 Å². The van der Waals surface area contributed by atoms with Crippen LogP contribution >= 0.6 is 23.4 Å². The third-order valence-corrected chi connectivity index (χ3v) is 4.81. The molecule has 1 aromatic rings. The Morgan fingerprint density at radius 2 is 2.15 bits per heavy atom. The molecule has 0 aliphatic carbocycles. The van der Waals surface area contributed by atoms with E-state index in [1.54, 1.807) is 11.8 Å². The molecule has 5 heteroatoms. The van der Waals surface area contributed by atoms with Gasteiger partial charge >= 0.3 is 0 Å². The summed E-state index contributed by atoms with van der Waals surface area (Å²) >= 11 is 7.69. The molecule has 1 heterocycles. The van der Waals surface area contributed by atoms with E-state index in [-0.39, 0.29) is 11.9 Å². The molecule has 0 aromatic heterocycles. The van der Waals surface area contributed by atoms with Crippen LogP contribution in [0.25, 0.3) is 0 Å². The van der Waals surface area contributed by atoms with E-state index >= 15 is 0 Å². The van der Waals surface area contributed by atoms with Crippen LogP contribution in [0.15, 0.2) is 29.2 Å². The van der Waals surface area contributed by atoms with Gasteiger partial charge < -0.3 is 10.6 Å². The summed E-state index contributed by atoms with van der Waals surface area (Å²) in [6.07, 6.45) is 3.40. The molecule has 0 radical (unpaired) electrons. The van der Waals surface area contributed by atoms with Crippen molar-refractivity contribution in [1.82, 2.24) is 4.90 Å². The smallest absolute Gasteiger partial charge is 0.222 e. The molecule has 1 aliphatic rings. The molecule has 0 bridgehead atoms. The fourth-order valence-corrected chi connectivity index (χ4v) is 3.44. The van der Waals surface area contributed by atoms with E-state index in [9.17, 15) is 4.79 Å². The average molecular weight is 313 g/mol. The Bertz CT molecular complexity index is 447. The molecule has 0 atom stereocenters. The molecule has 1 saturated heterocycles. The van der Waals surface area contributed by atoms with Crippen molar-refractivity contribution in [2.24, 2.45) is 5.73 Å². The van der Waals surface area contributed by atoms with Crippen molar-refractivity contribution >= 4 is 29.3 Å². The van der Waals surface area contributed by atoms with Crippen LogP contribution in [0.1, 0.15) is 25.7 Å². The minimum Gasteiger partial charge on any atom is -0.343 e. The number of carbonyl (C=O) groups excluding carboxylic acids is 1. The highest BCUT2D eigenvalue weighted by Gasteiger charge is 2.19. The second-order valence-corrected chi connectivity index (χ2v) is 6.73. The quantitative estimate of drug-likeness (QED) is 0.671. The van der Waals surface area contributed by atoms with Crippen LogP contribution < -0.4 is 5.73 Å². The molecule has 1 aliphatic heterocycles. The van der Waals surface area contributed by atoms with Crippen molar-refractivity contribution in [3.05, 3.63) is 29.3 Å². The van der Waals surface area contributed by atoms with Crippen molar-refractivity contribution in [1.29, 1.82) is 0 Å². The van der Waals surface area contributed by atoms with Crippen LogP contribution in [0.3, 0.4) is 0 Å². The Kier molecular flexibility index (Phi) is 6.20. The first-order chi connectivity index (χ1) is 9.65. The monoisotopic (exact) mass is 312 g/mol. The van der Waals surface area contributed by atoms with Crippen LogP contribution in [0.4, 0.5) is 0 Å². The van der Waals surface area contributed by atoms with Gasteiger partial charge in [-0.2, -0.15) is 0 Å². The predicted octanol–water partition coefficient (Wildman–Crippen LogP) is 3.16. The SMILES string of the molecule is NC1CCN(C(=O)CCCSc2cccc(Cl)c2)CC1. The molecule has 1 amide bonds. The highest BCUT2D eigenvalue weighted by atomic mass is 35.5. The van der Waals surface area contributed by atoms with Gasteiger partial charge in [0.05, 0.1) is 0 Å². The summed E-state index contributed by atoms with van der Waals surface area (Å²) in [7, 11) is 0. The topological polar surface area (TPSA) is 46.3 Å². The average Bonchev–Trinajstić information content (AvgIpc) is 2.44. The van der Waals surface area contributed by atoms with E-state index in [1.165, 1.54) is 0 Å². The standard InChI is InChI=1S/C15H21ClN2OS/c16-12-3-1-4-14(11-12)20-10-2-5-15(19)18-8-6-13(17)7-9-18/h1,3-4,11,13H,2,5-10,17H2. The van der Waals surface area contributed by atoms with Gasteiger partial charge in [-0.1, -0.05) is 17.7 Å². The Balaban J connectivity index is 1.64. The number of halogens is 1. The largest absolute Gasteiger partial charge is 0.343 e. The van der Waals surface area contributed by atoms with E-state index in [2.05, 4.69) is 0 Å². The number of hydrogen-bond acceptors (Lipinski definition) is 3. The van der Waals surface area contributed by atoms with Crippen molar-refractivity contribution in [2.45, 2.75) is 36.6 Å². The van der Waals surface area contributed by atoms with Crippen LogP contribution in [0, 0.1) is 0 Å². The minimum atomic E-state index is 0.267. The number of nitrogens with zero attached hydrogens (tertiary/aromatic N) is 1. The summed E-state index contributed by atoms with van der Waals surface area (Å²) in [5.41, 5.74) is 5.84. The summed E-state index contributed by atoms with van der Waals surface area (Å²) in [6.45, 7) is 1.64.